The van der Waals surface area contributed by atoms with Crippen LogP contribution < -0.4 is 0 Å². The number of hydrogen-bond acceptors (Lipinski definition) is 6. The lowest BCUT2D eigenvalue weighted by Crippen LogP contribution is -2.60. The van der Waals surface area contributed by atoms with Crippen molar-refractivity contribution in [2.24, 2.45) is 0 Å². The van der Waals surface area contributed by atoms with Crippen molar-refractivity contribution >= 4 is 12.1 Å². The van der Waals surface area contributed by atoms with Crippen molar-refractivity contribution in [2.75, 3.05) is 19.7 Å². The molecule has 3 saturated heterocycles. The first-order valence-corrected chi connectivity index (χ1v) is 14.7. The summed E-state index contributed by atoms with van der Waals surface area (Å²) < 4.78 is 24.9. The fourth-order valence-electron chi connectivity index (χ4n) is 7.19. The molecule has 3 aliphatic heterocycles. The summed E-state index contributed by atoms with van der Waals surface area (Å²) >= 11 is 0. The van der Waals surface area contributed by atoms with E-state index < -0.39 is 24.0 Å². The van der Waals surface area contributed by atoms with Gasteiger partial charge >= 0.3 is 12.1 Å². The molecule has 0 aliphatic carbocycles. The molecule has 0 N–H and O–H groups in total. The number of carbonyl (C=O) groups is 2. The Morgan fingerprint density at radius 1 is 0.897 bits per heavy atom. The van der Waals surface area contributed by atoms with Gasteiger partial charge in [0.1, 0.15) is 6.10 Å². The summed E-state index contributed by atoms with van der Waals surface area (Å²) in [6.07, 6.45) is 5.84. The van der Waals surface area contributed by atoms with E-state index in [9.17, 15) is 9.59 Å². The highest BCUT2D eigenvalue weighted by Gasteiger charge is 2.57. The summed E-state index contributed by atoms with van der Waals surface area (Å²) in [5.41, 5.74) is -0.344. The van der Waals surface area contributed by atoms with E-state index in [0.717, 1.165) is 12.8 Å². The Hall–Kier alpha value is -2.90. The number of ether oxygens (including phenoxy) is 4. The molecular formula is C32H42NO6+. The van der Waals surface area contributed by atoms with Gasteiger partial charge in [-0.3, -0.25) is 0 Å². The van der Waals surface area contributed by atoms with E-state index in [2.05, 4.69) is 0 Å². The van der Waals surface area contributed by atoms with Crippen molar-refractivity contribution in [3.8, 4) is 0 Å². The third-order valence-electron chi connectivity index (χ3n) is 8.97. The topological polar surface area (TPSA) is 71.1 Å². The summed E-state index contributed by atoms with van der Waals surface area (Å²) in [6, 6.07) is 19.9. The van der Waals surface area contributed by atoms with Crippen LogP contribution in [-0.4, -0.2) is 60.8 Å². The molecule has 7 nitrogen and oxygen atoms in total. The highest BCUT2D eigenvalue weighted by atomic mass is 16.8. The van der Waals surface area contributed by atoms with E-state index in [1.54, 1.807) is 0 Å². The van der Waals surface area contributed by atoms with Gasteiger partial charge in [-0.2, -0.15) is 0 Å². The number of hydrogen-bond donors (Lipinski definition) is 0. The zero-order chi connectivity index (χ0) is 27.3. The average Bonchev–Trinajstić information content (AvgIpc) is 3.51. The summed E-state index contributed by atoms with van der Waals surface area (Å²) in [4.78, 5) is 26.8. The predicted octanol–water partition coefficient (Wildman–Crippen LogP) is 6.09. The van der Waals surface area contributed by atoms with Crippen LogP contribution in [-0.2, 0) is 29.3 Å². The second-order valence-corrected chi connectivity index (χ2v) is 11.2. The van der Waals surface area contributed by atoms with Crippen LogP contribution in [0.5, 0.6) is 0 Å². The minimum absolute atomic E-state index is 0.162. The van der Waals surface area contributed by atoms with Crippen molar-refractivity contribution in [2.45, 2.75) is 95.3 Å². The highest BCUT2D eigenvalue weighted by Crippen LogP contribution is 2.47. The third-order valence-corrected chi connectivity index (χ3v) is 8.97. The second kappa shape index (κ2) is 12.1. The van der Waals surface area contributed by atoms with Crippen LogP contribution in [0.25, 0.3) is 0 Å². The molecule has 3 fully saturated rings. The molecule has 1 spiro atoms. The average molecular weight is 537 g/mol. The van der Waals surface area contributed by atoms with E-state index in [-0.39, 0.29) is 12.7 Å². The van der Waals surface area contributed by atoms with E-state index in [1.165, 1.54) is 43.3 Å². The van der Waals surface area contributed by atoms with Gasteiger partial charge in [-0.05, 0) is 17.5 Å². The highest BCUT2D eigenvalue weighted by molar-refractivity contribution is 5.86. The minimum atomic E-state index is -1.61. The monoisotopic (exact) mass is 536 g/mol. The summed E-state index contributed by atoms with van der Waals surface area (Å²) in [5, 5.41) is 0. The van der Waals surface area contributed by atoms with E-state index in [0.29, 0.717) is 36.1 Å². The molecule has 3 heterocycles. The number of nitrogens with zero attached hydrogens (tertiary/aromatic N) is 1. The van der Waals surface area contributed by atoms with Crippen LogP contribution in [0.3, 0.4) is 0 Å². The first kappa shape index (κ1) is 27.7. The molecule has 2 bridgehead atoms. The number of carbonyl (C=O) groups excluding carboxylic acids is 2. The van der Waals surface area contributed by atoms with Gasteiger partial charge in [0.05, 0.1) is 31.8 Å². The van der Waals surface area contributed by atoms with Crippen LogP contribution in [0, 0.1) is 0 Å². The van der Waals surface area contributed by atoms with Gasteiger partial charge < -0.3 is 23.4 Å². The van der Waals surface area contributed by atoms with E-state index in [4.69, 9.17) is 18.9 Å². The molecule has 0 aromatic heterocycles. The van der Waals surface area contributed by atoms with Crippen LogP contribution in [0.1, 0.15) is 76.3 Å². The fourth-order valence-corrected chi connectivity index (χ4v) is 7.19. The lowest BCUT2D eigenvalue weighted by Gasteiger charge is -2.47. The molecular weight excluding hydrogens is 494 g/mol. The molecule has 3 unspecified atom stereocenters. The van der Waals surface area contributed by atoms with Gasteiger partial charge in [0.2, 0.25) is 11.9 Å². The maximum Gasteiger partial charge on any atom is 0.510 e. The standard InChI is InChI=1S/C32H42NO6/c1-3-21-36-31(35)38-29(4-2)39-32(24-13-7-5-8-14-24,25-15-9-6-10-16-25)30(34)37-28-22-26-17-18-27(23-28)33(26)19-11-12-20-33/h5-10,13-16,26-29H,3-4,11-12,17-23H2,1-2H3/q+1. The van der Waals surface area contributed by atoms with Gasteiger partial charge in [-0.15, -0.1) is 0 Å². The molecule has 0 radical (unpaired) electrons. The van der Waals surface area contributed by atoms with Crippen LogP contribution in [0.2, 0.25) is 0 Å². The SMILES string of the molecule is CCCOC(=O)OC(CC)OC(C(=O)OC1CC2CCC(C1)[N+]21CCCC1)(c1ccccc1)c1ccccc1. The Balaban J connectivity index is 1.46. The molecule has 7 heteroatoms. The van der Waals surface area contributed by atoms with Crippen LogP contribution in [0.4, 0.5) is 4.79 Å². The van der Waals surface area contributed by atoms with Gasteiger partial charge in [0.25, 0.3) is 0 Å². The van der Waals surface area contributed by atoms with Gasteiger partial charge in [-0.1, -0.05) is 74.5 Å². The molecule has 2 aromatic carbocycles. The zero-order valence-corrected chi connectivity index (χ0v) is 23.3. The fraction of sp³-hybridized carbons (Fsp3) is 0.562. The first-order valence-electron chi connectivity index (χ1n) is 14.7. The number of rotatable bonds is 10. The first-order chi connectivity index (χ1) is 19.0. The lowest BCUT2D eigenvalue weighted by atomic mass is 9.85. The molecule has 210 valence electrons. The number of esters is 1. The molecule has 0 amide bonds. The van der Waals surface area contributed by atoms with Crippen molar-refractivity contribution in [1.82, 2.24) is 0 Å². The smallest absolute Gasteiger partial charge is 0.459 e. The van der Waals surface area contributed by atoms with Crippen molar-refractivity contribution in [3.05, 3.63) is 71.8 Å². The lowest BCUT2D eigenvalue weighted by molar-refractivity contribution is -0.956. The maximum absolute atomic E-state index is 14.5. The Labute approximate surface area is 232 Å². The van der Waals surface area contributed by atoms with Crippen molar-refractivity contribution in [1.29, 1.82) is 0 Å². The largest absolute Gasteiger partial charge is 0.510 e. The molecule has 5 rings (SSSR count). The molecule has 0 saturated carbocycles. The Bertz CT molecular complexity index is 1040. The van der Waals surface area contributed by atoms with Gasteiger partial charge in [-0.25, -0.2) is 9.59 Å². The van der Waals surface area contributed by atoms with Crippen molar-refractivity contribution < 1.29 is 33.0 Å². The second-order valence-electron chi connectivity index (χ2n) is 11.2. The minimum Gasteiger partial charge on any atom is -0.459 e. The summed E-state index contributed by atoms with van der Waals surface area (Å²) in [7, 11) is 0. The van der Waals surface area contributed by atoms with Crippen LogP contribution >= 0.6 is 0 Å². The normalized spacial score (nSPS) is 24.3. The third kappa shape index (κ3) is 5.44. The maximum atomic E-state index is 14.5. The zero-order valence-electron chi connectivity index (χ0n) is 23.3. The summed E-state index contributed by atoms with van der Waals surface area (Å²) in [6.45, 7) is 6.55. The van der Waals surface area contributed by atoms with Gasteiger partial charge in [0, 0.05) is 44.9 Å². The molecule has 2 aromatic rings. The molecule has 39 heavy (non-hydrogen) atoms. The quantitative estimate of drug-likeness (QED) is 0.208. The molecule has 3 aliphatic rings. The Morgan fingerprint density at radius 2 is 1.46 bits per heavy atom. The Morgan fingerprint density at radius 3 is 1.97 bits per heavy atom. The Kier molecular flexibility index (Phi) is 8.57. The van der Waals surface area contributed by atoms with Crippen LogP contribution in [0.15, 0.2) is 60.7 Å². The van der Waals surface area contributed by atoms with E-state index in [1.807, 2.05) is 74.5 Å². The van der Waals surface area contributed by atoms with Crippen molar-refractivity contribution in [3.63, 3.8) is 0 Å². The predicted molar refractivity (Wildman–Crippen MR) is 147 cm³/mol. The van der Waals surface area contributed by atoms with E-state index >= 15 is 0 Å². The number of benzene rings is 2. The number of piperidine rings is 1. The van der Waals surface area contributed by atoms with Gasteiger partial charge in [0.15, 0.2) is 0 Å². The molecule has 3 atom stereocenters. The summed E-state index contributed by atoms with van der Waals surface area (Å²) in [5.74, 6) is -0.469. The number of quaternary nitrogens is 1.